The number of amides is 1. The molecule has 0 spiro atoms. The van der Waals surface area contributed by atoms with Gasteiger partial charge in [0.05, 0.1) is 11.4 Å². The first-order valence-electron chi connectivity index (χ1n) is 6.34. The summed E-state index contributed by atoms with van der Waals surface area (Å²) in [5.74, 6) is 1.38. The van der Waals surface area contributed by atoms with Crippen molar-refractivity contribution in [3.05, 3.63) is 23.8 Å². The van der Waals surface area contributed by atoms with Gasteiger partial charge in [0, 0.05) is 26.2 Å². The third-order valence-electron chi connectivity index (χ3n) is 3.57. The molecule has 1 amide bonds. The summed E-state index contributed by atoms with van der Waals surface area (Å²) in [4.78, 5) is 13.9. The number of carbonyl (C=O) groups is 1. The minimum Gasteiger partial charge on any atom is -0.397 e. The van der Waals surface area contributed by atoms with Crippen LogP contribution in [0, 0.1) is 11.8 Å². The number of carbonyl (C=O) groups excluding carboxylic acids is 1. The van der Waals surface area contributed by atoms with Gasteiger partial charge in [-0.05, 0) is 36.5 Å². The van der Waals surface area contributed by atoms with Gasteiger partial charge in [0.25, 0.3) is 5.91 Å². The molecule has 0 heterocycles. The first-order chi connectivity index (χ1) is 8.49. The highest BCUT2D eigenvalue weighted by molar-refractivity contribution is 5.96. The quantitative estimate of drug-likeness (QED) is 0.796. The molecule has 1 aromatic carbocycles. The monoisotopic (exact) mass is 247 g/mol. The molecule has 98 valence electrons. The maximum atomic E-state index is 11.9. The summed E-state index contributed by atoms with van der Waals surface area (Å²) in [5, 5.41) is 2.96. The third kappa shape index (κ3) is 2.75. The standard InChI is InChI=1S/C14H21N3O/c1-9-6-11(9)8-16-14(18)10-4-5-13(17(2)3)12(15)7-10/h4-5,7,9,11H,6,8,15H2,1-3H3,(H,16,18). The van der Waals surface area contributed by atoms with Crippen LogP contribution >= 0.6 is 0 Å². The van der Waals surface area contributed by atoms with Crippen molar-refractivity contribution in [2.45, 2.75) is 13.3 Å². The van der Waals surface area contributed by atoms with Crippen molar-refractivity contribution < 1.29 is 4.79 Å². The van der Waals surface area contributed by atoms with Gasteiger partial charge in [0.15, 0.2) is 0 Å². The van der Waals surface area contributed by atoms with E-state index in [1.807, 2.05) is 31.1 Å². The van der Waals surface area contributed by atoms with Crippen LogP contribution < -0.4 is 16.0 Å². The molecular weight excluding hydrogens is 226 g/mol. The van der Waals surface area contributed by atoms with E-state index in [0.29, 0.717) is 17.2 Å². The van der Waals surface area contributed by atoms with E-state index < -0.39 is 0 Å². The number of rotatable bonds is 4. The van der Waals surface area contributed by atoms with E-state index in [0.717, 1.165) is 18.2 Å². The Morgan fingerprint density at radius 3 is 2.67 bits per heavy atom. The first-order valence-corrected chi connectivity index (χ1v) is 6.34. The van der Waals surface area contributed by atoms with E-state index in [1.54, 1.807) is 6.07 Å². The molecule has 0 aromatic heterocycles. The van der Waals surface area contributed by atoms with Crippen LogP contribution in [0.2, 0.25) is 0 Å². The molecule has 1 aliphatic rings. The van der Waals surface area contributed by atoms with Crippen LogP contribution in [0.3, 0.4) is 0 Å². The third-order valence-corrected chi connectivity index (χ3v) is 3.57. The van der Waals surface area contributed by atoms with E-state index in [-0.39, 0.29) is 5.91 Å². The van der Waals surface area contributed by atoms with E-state index in [1.165, 1.54) is 6.42 Å². The van der Waals surface area contributed by atoms with Gasteiger partial charge in [-0.1, -0.05) is 6.92 Å². The van der Waals surface area contributed by atoms with Crippen LogP contribution in [0.4, 0.5) is 11.4 Å². The number of nitrogens with zero attached hydrogens (tertiary/aromatic N) is 1. The molecule has 0 radical (unpaired) electrons. The molecule has 4 heteroatoms. The molecule has 2 atom stereocenters. The Labute approximate surface area is 108 Å². The van der Waals surface area contributed by atoms with Gasteiger partial charge in [0.1, 0.15) is 0 Å². The molecule has 18 heavy (non-hydrogen) atoms. The molecule has 2 unspecified atom stereocenters. The SMILES string of the molecule is CC1CC1CNC(=O)c1ccc(N(C)C)c(N)c1. The van der Waals surface area contributed by atoms with Crippen molar-refractivity contribution in [3.63, 3.8) is 0 Å². The maximum absolute atomic E-state index is 11.9. The van der Waals surface area contributed by atoms with Crippen molar-refractivity contribution in [2.24, 2.45) is 11.8 Å². The summed E-state index contributed by atoms with van der Waals surface area (Å²) < 4.78 is 0. The van der Waals surface area contributed by atoms with Crippen LogP contribution in [-0.2, 0) is 0 Å². The molecule has 2 rings (SSSR count). The highest BCUT2D eigenvalue weighted by atomic mass is 16.1. The second-order valence-electron chi connectivity index (χ2n) is 5.35. The second-order valence-corrected chi connectivity index (χ2v) is 5.35. The predicted molar refractivity (Wildman–Crippen MR) is 74.8 cm³/mol. The van der Waals surface area contributed by atoms with Crippen LogP contribution in [-0.4, -0.2) is 26.5 Å². The lowest BCUT2D eigenvalue weighted by molar-refractivity contribution is 0.0951. The zero-order valence-electron chi connectivity index (χ0n) is 11.2. The summed E-state index contributed by atoms with van der Waals surface area (Å²) in [7, 11) is 3.86. The predicted octanol–water partition coefficient (Wildman–Crippen LogP) is 1.72. The molecule has 0 aliphatic heterocycles. The van der Waals surface area contributed by atoms with E-state index in [4.69, 9.17) is 5.73 Å². The molecule has 0 saturated heterocycles. The average molecular weight is 247 g/mol. The van der Waals surface area contributed by atoms with E-state index in [9.17, 15) is 4.79 Å². The number of nitrogens with two attached hydrogens (primary N) is 1. The Kier molecular flexibility index (Phi) is 3.45. The van der Waals surface area contributed by atoms with Crippen LogP contribution in [0.1, 0.15) is 23.7 Å². The Balaban J connectivity index is 1.99. The summed E-state index contributed by atoms with van der Waals surface area (Å²) in [6, 6.07) is 5.43. The molecule has 0 bridgehead atoms. The minimum absolute atomic E-state index is 0.0360. The number of benzene rings is 1. The molecule has 1 aliphatic carbocycles. The highest BCUT2D eigenvalue weighted by Gasteiger charge is 2.32. The summed E-state index contributed by atoms with van der Waals surface area (Å²) in [6.07, 6.45) is 1.22. The van der Waals surface area contributed by atoms with Gasteiger partial charge in [-0.3, -0.25) is 4.79 Å². The lowest BCUT2D eigenvalue weighted by Crippen LogP contribution is -2.26. The average Bonchev–Trinajstić information content (AvgIpc) is 3.01. The number of nitrogens with one attached hydrogen (secondary N) is 1. The molecule has 3 N–H and O–H groups in total. The number of anilines is 2. The van der Waals surface area contributed by atoms with Crippen molar-refractivity contribution in [1.82, 2.24) is 5.32 Å². The van der Waals surface area contributed by atoms with Crippen LogP contribution in [0.25, 0.3) is 0 Å². The van der Waals surface area contributed by atoms with E-state index in [2.05, 4.69) is 12.2 Å². The van der Waals surface area contributed by atoms with E-state index >= 15 is 0 Å². The first kappa shape index (κ1) is 12.7. The zero-order valence-corrected chi connectivity index (χ0v) is 11.2. The summed E-state index contributed by atoms with van der Waals surface area (Å²) in [6.45, 7) is 2.98. The molecule has 1 fully saturated rings. The number of hydrogen-bond acceptors (Lipinski definition) is 3. The van der Waals surface area contributed by atoms with Gasteiger partial charge < -0.3 is 16.0 Å². The van der Waals surface area contributed by atoms with Gasteiger partial charge in [-0.2, -0.15) is 0 Å². The summed E-state index contributed by atoms with van der Waals surface area (Å²) in [5.41, 5.74) is 8.12. The van der Waals surface area contributed by atoms with Crippen molar-refractivity contribution in [1.29, 1.82) is 0 Å². The smallest absolute Gasteiger partial charge is 0.251 e. The molecule has 1 saturated carbocycles. The Morgan fingerprint density at radius 2 is 2.17 bits per heavy atom. The van der Waals surface area contributed by atoms with Crippen LogP contribution in [0.15, 0.2) is 18.2 Å². The van der Waals surface area contributed by atoms with Crippen molar-refractivity contribution >= 4 is 17.3 Å². The lowest BCUT2D eigenvalue weighted by atomic mass is 10.1. The zero-order chi connectivity index (χ0) is 13.3. The summed E-state index contributed by atoms with van der Waals surface area (Å²) >= 11 is 0. The second kappa shape index (κ2) is 4.88. The van der Waals surface area contributed by atoms with Crippen LogP contribution in [0.5, 0.6) is 0 Å². The Morgan fingerprint density at radius 1 is 1.50 bits per heavy atom. The normalized spacial score (nSPS) is 21.5. The lowest BCUT2D eigenvalue weighted by Gasteiger charge is -2.15. The largest absolute Gasteiger partial charge is 0.397 e. The van der Waals surface area contributed by atoms with Gasteiger partial charge in [-0.15, -0.1) is 0 Å². The fourth-order valence-electron chi connectivity index (χ4n) is 2.11. The Bertz CT molecular complexity index is 456. The topological polar surface area (TPSA) is 58.4 Å². The van der Waals surface area contributed by atoms with Gasteiger partial charge in [0.2, 0.25) is 0 Å². The molecular formula is C14H21N3O. The van der Waals surface area contributed by atoms with Crippen molar-refractivity contribution in [2.75, 3.05) is 31.3 Å². The molecule has 4 nitrogen and oxygen atoms in total. The number of nitrogen functional groups attached to an aromatic ring is 1. The van der Waals surface area contributed by atoms with Gasteiger partial charge >= 0.3 is 0 Å². The van der Waals surface area contributed by atoms with Crippen molar-refractivity contribution in [3.8, 4) is 0 Å². The van der Waals surface area contributed by atoms with Gasteiger partial charge in [-0.25, -0.2) is 0 Å². The fraction of sp³-hybridized carbons (Fsp3) is 0.500. The number of hydrogen-bond donors (Lipinski definition) is 2. The minimum atomic E-state index is -0.0360. The highest BCUT2D eigenvalue weighted by Crippen LogP contribution is 2.36. The fourth-order valence-corrected chi connectivity index (χ4v) is 2.11. The maximum Gasteiger partial charge on any atom is 0.251 e. The Hall–Kier alpha value is -1.71. The molecule has 1 aromatic rings.